The summed E-state index contributed by atoms with van der Waals surface area (Å²) in [7, 11) is 1.36. The Morgan fingerprint density at radius 2 is 1.96 bits per heavy atom. The number of hydrogen-bond acceptors (Lipinski definition) is 4. The predicted octanol–water partition coefficient (Wildman–Crippen LogP) is 2.91. The third-order valence-electron chi connectivity index (χ3n) is 5.36. The molecule has 0 radical (unpaired) electrons. The molecule has 2 N–H and O–H groups in total. The number of ether oxygens (including phenoxy) is 1. The summed E-state index contributed by atoms with van der Waals surface area (Å²) in [4.78, 5) is 30.0. The minimum Gasteiger partial charge on any atom is -0.465 e. The van der Waals surface area contributed by atoms with E-state index in [2.05, 4.69) is 22.1 Å². The van der Waals surface area contributed by atoms with Crippen LogP contribution in [-0.2, 0) is 11.2 Å². The Bertz CT molecular complexity index is 616. The van der Waals surface area contributed by atoms with Crippen molar-refractivity contribution in [3.63, 3.8) is 0 Å². The van der Waals surface area contributed by atoms with Crippen LogP contribution in [0.2, 0.25) is 0 Å². The molecule has 6 heteroatoms. The molecular weight excluding hydrogens is 330 g/mol. The number of H-pyrrole nitrogens is 1. The Morgan fingerprint density at radius 3 is 2.58 bits per heavy atom. The van der Waals surface area contributed by atoms with Gasteiger partial charge >= 0.3 is 5.97 Å². The van der Waals surface area contributed by atoms with Crippen LogP contribution >= 0.6 is 0 Å². The number of rotatable bonds is 8. The number of aryl methyl sites for hydroxylation is 1. The fraction of sp³-hybridized carbons (Fsp3) is 0.700. The fourth-order valence-electron chi connectivity index (χ4n) is 3.57. The van der Waals surface area contributed by atoms with E-state index in [-0.39, 0.29) is 5.91 Å². The number of methoxy groups -OCH3 is 1. The van der Waals surface area contributed by atoms with E-state index in [4.69, 9.17) is 4.74 Å². The first-order chi connectivity index (χ1) is 12.5. The van der Waals surface area contributed by atoms with Crippen LogP contribution in [0.1, 0.15) is 71.6 Å². The molecule has 0 bridgehead atoms. The number of piperidine rings is 1. The molecule has 1 amide bonds. The van der Waals surface area contributed by atoms with Gasteiger partial charge in [0.1, 0.15) is 5.69 Å². The SMILES string of the molecule is CCc1[nH]c(C(=O)NCCCCN2CCC(C)CC2)c(C)c1C(=O)OC. The highest BCUT2D eigenvalue weighted by Crippen LogP contribution is 2.20. The van der Waals surface area contributed by atoms with E-state index in [1.165, 1.54) is 33.0 Å². The number of carbonyl (C=O) groups is 2. The van der Waals surface area contributed by atoms with Gasteiger partial charge in [-0.25, -0.2) is 4.79 Å². The zero-order valence-corrected chi connectivity index (χ0v) is 16.6. The van der Waals surface area contributed by atoms with E-state index in [1.54, 1.807) is 6.92 Å². The third-order valence-corrected chi connectivity index (χ3v) is 5.36. The number of esters is 1. The molecule has 1 aliphatic rings. The molecule has 0 saturated carbocycles. The molecular formula is C20H33N3O3. The summed E-state index contributed by atoms with van der Waals surface area (Å²) in [6.07, 6.45) is 5.29. The number of nitrogens with one attached hydrogen (secondary N) is 2. The summed E-state index contributed by atoms with van der Waals surface area (Å²) in [6, 6.07) is 0. The summed E-state index contributed by atoms with van der Waals surface area (Å²) in [6.45, 7) is 10.2. The fourth-order valence-corrected chi connectivity index (χ4v) is 3.57. The van der Waals surface area contributed by atoms with Gasteiger partial charge in [-0.05, 0) is 70.1 Å². The molecule has 2 rings (SSSR count). The summed E-state index contributed by atoms with van der Waals surface area (Å²) in [5.74, 6) is 0.308. The molecule has 0 unspecified atom stereocenters. The number of carbonyl (C=O) groups excluding carboxylic acids is 2. The van der Waals surface area contributed by atoms with Gasteiger partial charge in [-0.2, -0.15) is 0 Å². The average molecular weight is 364 g/mol. The van der Waals surface area contributed by atoms with Gasteiger partial charge in [-0.15, -0.1) is 0 Å². The van der Waals surface area contributed by atoms with Gasteiger partial charge in [0, 0.05) is 12.2 Å². The van der Waals surface area contributed by atoms with Crippen LogP contribution in [0.5, 0.6) is 0 Å². The summed E-state index contributed by atoms with van der Waals surface area (Å²) < 4.78 is 4.83. The first kappa shape index (κ1) is 20.5. The van der Waals surface area contributed by atoms with Gasteiger partial charge in [-0.1, -0.05) is 13.8 Å². The lowest BCUT2D eigenvalue weighted by molar-refractivity contribution is 0.0599. The average Bonchev–Trinajstić information content (AvgIpc) is 2.98. The van der Waals surface area contributed by atoms with Crippen molar-refractivity contribution in [2.75, 3.05) is 33.3 Å². The van der Waals surface area contributed by atoms with Crippen molar-refractivity contribution < 1.29 is 14.3 Å². The molecule has 0 aromatic carbocycles. The van der Waals surface area contributed by atoms with Crippen molar-refractivity contribution in [1.82, 2.24) is 15.2 Å². The van der Waals surface area contributed by atoms with Gasteiger partial charge in [0.15, 0.2) is 0 Å². The second-order valence-electron chi connectivity index (χ2n) is 7.31. The van der Waals surface area contributed by atoms with Crippen LogP contribution < -0.4 is 5.32 Å². The highest BCUT2D eigenvalue weighted by atomic mass is 16.5. The maximum Gasteiger partial charge on any atom is 0.339 e. The first-order valence-corrected chi connectivity index (χ1v) is 9.78. The van der Waals surface area contributed by atoms with E-state index < -0.39 is 5.97 Å². The van der Waals surface area contributed by atoms with E-state index in [1.807, 2.05) is 6.92 Å². The molecule has 6 nitrogen and oxygen atoms in total. The number of likely N-dealkylation sites (tertiary alicyclic amines) is 1. The highest BCUT2D eigenvalue weighted by molar-refractivity contribution is 6.00. The summed E-state index contributed by atoms with van der Waals surface area (Å²) >= 11 is 0. The van der Waals surface area contributed by atoms with Crippen molar-refractivity contribution in [3.05, 3.63) is 22.5 Å². The zero-order valence-electron chi connectivity index (χ0n) is 16.6. The van der Waals surface area contributed by atoms with Crippen molar-refractivity contribution in [2.45, 2.75) is 52.9 Å². The second-order valence-corrected chi connectivity index (χ2v) is 7.31. The van der Waals surface area contributed by atoms with Gasteiger partial charge in [-0.3, -0.25) is 4.79 Å². The first-order valence-electron chi connectivity index (χ1n) is 9.78. The Kier molecular flexibility index (Phi) is 7.69. The maximum absolute atomic E-state index is 12.5. The molecule has 2 heterocycles. The molecule has 0 aliphatic carbocycles. The Labute approximate surface area is 156 Å². The van der Waals surface area contributed by atoms with Crippen LogP contribution in [0.25, 0.3) is 0 Å². The normalized spacial score (nSPS) is 15.8. The minimum atomic E-state index is -0.398. The quantitative estimate of drug-likeness (QED) is 0.550. The van der Waals surface area contributed by atoms with Crippen molar-refractivity contribution in [2.24, 2.45) is 5.92 Å². The predicted molar refractivity (Wildman–Crippen MR) is 103 cm³/mol. The number of unbranched alkanes of at least 4 members (excludes halogenated alkanes) is 1. The van der Waals surface area contributed by atoms with Crippen molar-refractivity contribution >= 4 is 11.9 Å². The monoisotopic (exact) mass is 363 g/mol. The van der Waals surface area contributed by atoms with E-state index in [0.29, 0.717) is 29.8 Å². The van der Waals surface area contributed by atoms with Crippen LogP contribution in [0.4, 0.5) is 0 Å². The Hall–Kier alpha value is -1.82. The maximum atomic E-state index is 12.5. The van der Waals surface area contributed by atoms with Gasteiger partial charge in [0.25, 0.3) is 5.91 Å². The Balaban J connectivity index is 1.79. The lowest BCUT2D eigenvalue weighted by atomic mass is 9.99. The number of aromatic amines is 1. The molecule has 146 valence electrons. The highest BCUT2D eigenvalue weighted by Gasteiger charge is 2.23. The molecule has 1 saturated heterocycles. The van der Waals surface area contributed by atoms with Crippen molar-refractivity contribution in [1.29, 1.82) is 0 Å². The van der Waals surface area contributed by atoms with E-state index >= 15 is 0 Å². The van der Waals surface area contributed by atoms with Gasteiger partial charge < -0.3 is 19.9 Å². The molecule has 1 aliphatic heterocycles. The third kappa shape index (κ3) is 5.10. The number of nitrogens with zero attached hydrogens (tertiary/aromatic N) is 1. The number of amides is 1. The lowest BCUT2D eigenvalue weighted by Gasteiger charge is -2.30. The zero-order chi connectivity index (χ0) is 19.1. The van der Waals surface area contributed by atoms with Crippen LogP contribution in [0.15, 0.2) is 0 Å². The minimum absolute atomic E-state index is 0.154. The largest absolute Gasteiger partial charge is 0.465 e. The topological polar surface area (TPSA) is 74.4 Å². The summed E-state index contributed by atoms with van der Waals surface area (Å²) in [5.41, 5.74) is 2.36. The van der Waals surface area contributed by atoms with E-state index in [0.717, 1.165) is 31.0 Å². The molecule has 26 heavy (non-hydrogen) atoms. The number of aromatic nitrogens is 1. The molecule has 1 fully saturated rings. The second kappa shape index (κ2) is 9.76. The molecule has 1 aromatic rings. The van der Waals surface area contributed by atoms with Crippen molar-refractivity contribution in [3.8, 4) is 0 Å². The standard InChI is InChI=1S/C20H33N3O3/c1-5-16-17(20(25)26-4)15(3)18(22-16)19(24)21-10-6-7-11-23-12-8-14(2)9-13-23/h14,22H,5-13H2,1-4H3,(H,21,24). The smallest absolute Gasteiger partial charge is 0.339 e. The van der Waals surface area contributed by atoms with Gasteiger partial charge in [0.2, 0.25) is 0 Å². The molecule has 0 spiro atoms. The van der Waals surface area contributed by atoms with Crippen LogP contribution in [-0.4, -0.2) is 55.0 Å². The van der Waals surface area contributed by atoms with E-state index in [9.17, 15) is 9.59 Å². The molecule has 0 atom stereocenters. The molecule has 1 aromatic heterocycles. The summed E-state index contributed by atoms with van der Waals surface area (Å²) in [5, 5.41) is 2.97. The number of hydrogen-bond donors (Lipinski definition) is 2. The Morgan fingerprint density at radius 1 is 1.27 bits per heavy atom. The van der Waals surface area contributed by atoms with Crippen LogP contribution in [0.3, 0.4) is 0 Å². The lowest BCUT2D eigenvalue weighted by Crippen LogP contribution is -2.34. The van der Waals surface area contributed by atoms with Gasteiger partial charge in [0.05, 0.1) is 12.7 Å². The van der Waals surface area contributed by atoms with Crippen LogP contribution in [0, 0.1) is 12.8 Å².